The number of pyridine rings is 1. The van der Waals surface area contributed by atoms with Crippen molar-refractivity contribution < 1.29 is 14.7 Å². The third-order valence-electron chi connectivity index (χ3n) is 6.88. The number of carbonyl (C=O) groups is 2. The number of para-hydroxylation sites is 2. The Morgan fingerprint density at radius 2 is 2.00 bits per heavy atom. The highest BCUT2D eigenvalue weighted by atomic mass is 32.1. The van der Waals surface area contributed by atoms with E-state index in [2.05, 4.69) is 21.8 Å². The van der Waals surface area contributed by atoms with Crippen LogP contribution in [0.4, 0.5) is 5.00 Å². The number of hydrogen-bond donors (Lipinski definition) is 2. The first-order valence-electron chi connectivity index (χ1n) is 12.6. The number of hydrogen-bond acceptors (Lipinski definition) is 7. The van der Waals surface area contributed by atoms with E-state index >= 15 is 0 Å². The average molecular weight is 530 g/mol. The molecule has 0 bridgehead atoms. The van der Waals surface area contributed by atoms with Crippen LogP contribution in [-0.4, -0.2) is 72.1 Å². The summed E-state index contributed by atoms with van der Waals surface area (Å²) in [4.78, 5) is 46.0. The SMILES string of the molecule is CC1CN(c2sc(CCC(=O)O)nc2-c2nc3ccccc3[nH]2)CCN1C(=O)Cn1ccc2cccnc21. The molecule has 1 unspecified atom stereocenters. The summed E-state index contributed by atoms with van der Waals surface area (Å²) in [6.45, 7) is 4.17. The first-order chi connectivity index (χ1) is 18.5. The highest BCUT2D eigenvalue weighted by Gasteiger charge is 2.31. The fourth-order valence-electron chi connectivity index (χ4n) is 5.01. The number of amides is 1. The van der Waals surface area contributed by atoms with E-state index in [0.29, 0.717) is 31.9 Å². The number of aliphatic carboxylic acids is 1. The van der Waals surface area contributed by atoms with Crippen LogP contribution < -0.4 is 4.90 Å². The number of thiazole rings is 1. The number of carboxylic acid groups (broad SMARTS) is 1. The van der Waals surface area contributed by atoms with Gasteiger partial charge < -0.3 is 24.5 Å². The zero-order chi connectivity index (χ0) is 26.2. The number of anilines is 1. The lowest BCUT2D eigenvalue weighted by molar-refractivity contribution is -0.137. The molecular weight excluding hydrogens is 502 g/mol. The Morgan fingerprint density at radius 3 is 2.82 bits per heavy atom. The molecular formula is C27H27N7O3S. The Bertz CT molecular complexity index is 1600. The molecule has 1 amide bonds. The summed E-state index contributed by atoms with van der Waals surface area (Å²) in [7, 11) is 0. The Balaban J connectivity index is 1.23. The zero-order valence-corrected chi connectivity index (χ0v) is 21.7. The number of rotatable bonds is 7. The molecule has 6 rings (SSSR count). The van der Waals surface area contributed by atoms with Crippen LogP contribution in [0.5, 0.6) is 0 Å². The van der Waals surface area contributed by atoms with Gasteiger partial charge in [-0.1, -0.05) is 12.1 Å². The van der Waals surface area contributed by atoms with E-state index in [9.17, 15) is 14.7 Å². The molecule has 0 radical (unpaired) electrons. The quantitative estimate of drug-likeness (QED) is 0.329. The van der Waals surface area contributed by atoms with Crippen molar-refractivity contribution in [2.45, 2.75) is 32.4 Å². The normalized spacial score (nSPS) is 16.0. The van der Waals surface area contributed by atoms with Gasteiger partial charge in [-0.05, 0) is 37.3 Å². The number of piperazine rings is 1. The maximum atomic E-state index is 13.3. The number of carbonyl (C=O) groups excluding carboxylic acids is 1. The summed E-state index contributed by atoms with van der Waals surface area (Å²) in [5.41, 5.74) is 3.30. The first-order valence-corrected chi connectivity index (χ1v) is 13.4. The molecule has 38 heavy (non-hydrogen) atoms. The van der Waals surface area contributed by atoms with Crippen molar-refractivity contribution in [3.63, 3.8) is 0 Å². The van der Waals surface area contributed by atoms with Gasteiger partial charge in [-0.15, -0.1) is 11.3 Å². The highest BCUT2D eigenvalue weighted by Crippen LogP contribution is 2.37. The maximum Gasteiger partial charge on any atom is 0.303 e. The molecule has 0 spiro atoms. The molecule has 11 heteroatoms. The van der Waals surface area contributed by atoms with Crippen molar-refractivity contribution in [3.05, 3.63) is 59.9 Å². The maximum absolute atomic E-state index is 13.3. The minimum Gasteiger partial charge on any atom is -0.481 e. The molecule has 2 N–H and O–H groups in total. The molecule has 1 atom stereocenters. The number of H-pyrrole nitrogens is 1. The monoisotopic (exact) mass is 529 g/mol. The van der Waals surface area contributed by atoms with Gasteiger partial charge in [0.25, 0.3) is 0 Å². The zero-order valence-electron chi connectivity index (χ0n) is 20.9. The largest absolute Gasteiger partial charge is 0.481 e. The summed E-state index contributed by atoms with van der Waals surface area (Å²) in [5.74, 6) is -0.125. The number of nitrogens with one attached hydrogen (secondary N) is 1. The van der Waals surface area contributed by atoms with Gasteiger partial charge in [-0.2, -0.15) is 0 Å². The molecule has 1 aromatic carbocycles. The number of aromatic nitrogens is 5. The van der Waals surface area contributed by atoms with Crippen molar-refractivity contribution in [3.8, 4) is 11.5 Å². The van der Waals surface area contributed by atoms with Crippen LogP contribution in [0.25, 0.3) is 33.6 Å². The average Bonchev–Trinajstić information content (AvgIpc) is 3.64. The van der Waals surface area contributed by atoms with Crippen molar-refractivity contribution >= 4 is 50.3 Å². The molecule has 5 aromatic rings. The third-order valence-corrected chi connectivity index (χ3v) is 8.06. The second-order valence-corrected chi connectivity index (χ2v) is 10.6. The molecule has 194 valence electrons. The molecule has 10 nitrogen and oxygen atoms in total. The van der Waals surface area contributed by atoms with Crippen LogP contribution in [0.15, 0.2) is 54.9 Å². The van der Waals surface area contributed by atoms with Gasteiger partial charge in [0.1, 0.15) is 22.9 Å². The van der Waals surface area contributed by atoms with E-state index in [1.165, 1.54) is 11.3 Å². The number of aryl methyl sites for hydroxylation is 1. The molecule has 1 aliphatic rings. The van der Waals surface area contributed by atoms with Crippen molar-refractivity contribution in [2.24, 2.45) is 0 Å². The molecule has 0 saturated carbocycles. The number of fused-ring (bicyclic) bond motifs is 2. The van der Waals surface area contributed by atoms with E-state index in [1.54, 1.807) is 6.20 Å². The minimum atomic E-state index is -0.849. The standard InChI is InChI=1S/C27H27N7O3S/c1-17-15-33(13-14-34(17)22(35)16-32-12-10-18-5-4-11-28-26(18)32)27-24(31-21(38-27)8-9-23(36)37)25-29-19-6-2-3-7-20(19)30-25/h2-7,10-12,17H,8-9,13-16H2,1H3,(H,29,30)(H,36,37). The van der Waals surface area contributed by atoms with Gasteiger partial charge in [0, 0.05) is 49.9 Å². The first kappa shape index (κ1) is 24.1. The van der Waals surface area contributed by atoms with Crippen LogP contribution in [0, 0.1) is 0 Å². The van der Waals surface area contributed by atoms with E-state index in [0.717, 1.165) is 37.8 Å². The summed E-state index contributed by atoms with van der Waals surface area (Å²) in [6, 6.07) is 13.7. The molecule has 4 aromatic heterocycles. The predicted molar refractivity (Wildman–Crippen MR) is 146 cm³/mol. The molecule has 1 fully saturated rings. The Kier molecular flexibility index (Phi) is 6.28. The van der Waals surface area contributed by atoms with E-state index < -0.39 is 5.97 Å². The summed E-state index contributed by atoms with van der Waals surface area (Å²) in [6.07, 6.45) is 4.03. The van der Waals surface area contributed by atoms with Crippen molar-refractivity contribution in [1.82, 2.24) is 29.4 Å². The summed E-state index contributed by atoms with van der Waals surface area (Å²) in [5, 5.41) is 11.9. The van der Waals surface area contributed by atoms with Gasteiger partial charge in [0.2, 0.25) is 5.91 Å². The fraction of sp³-hybridized carbons (Fsp3) is 0.296. The van der Waals surface area contributed by atoms with Crippen LogP contribution in [0.2, 0.25) is 0 Å². The second-order valence-electron chi connectivity index (χ2n) is 9.50. The predicted octanol–water partition coefficient (Wildman–Crippen LogP) is 3.79. The van der Waals surface area contributed by atoms with E-state index in [-0.39, 0.29) is 24.9 Å². The molecule has 1 saturated heterocycles. The van der Waals surface area contributed by atoms with Crippen molar-refractivity contribution in [2.75, 3.05) is 24.5 Å². The van der Waals surface area contributed by atoms with Gasteiger partial charge >= 0.3 is 5.97 Å². The number of nitrogens with zero attached hydrogens (tertiary/aromatic N) is 6. The van der Waals surface area contributed by atoms with Crippen LogP contribution in [-0.2, 0) is 22.6 Å². The lowest BCUT2D eigenvalue weighted by Crippen LogP contribution is -2.54. The third kappa shape index (κ3) is 4.60. The smallest absolute Gasteiger partial charge is 0.303 e. The van der Waals surface area contributed by atoms with E-state index in [1.807, 2.05) is 58.1 Å². The topological polar surface area (TPSA) is 120 Å². The van der Waals surface area contributed by atoms with Crippen LogP contribution >= 0.6 is 11.3 Å². The van der Waals surface area contributed by atoms with Crippen molar-refractivity contribution in [1.29, 1.82) is 0 Å². The lowest BCUT2D eigenvalue weighted by Gasteiger charge is -2.40. The number of carboxylic acids is 1. The Hall–Kier alpha value is -4.25. The van der Waals surface area contributed by atoms with Gasteiger partial charge in [0.15, 0.2) is 5.82 Å². The fourth-order valence-corrected chi connectivity index (χ4v) is 6.10. The van der Waals surface area contributed by atoms with Gasteiger partial charge in [-0.3, -0.25) is 9.59 Å². The van der Waals surface area contributed by atoms with E-state index in [4.69, 9.17) is 9.97 Å². The van der Waals surface area contributed by atoms with Gasteiger partial charge in [-0.25, -0.2) is 15.0 Å². The summed E-state index contributed by atoms with van der Waals surface area (Å²) < 4.78 is 1.90. The lowest BCUT2D eigenvalue weighted by atomic mass is 10.2. The van der Waals surface area contributed by atoms with Crippen LogP contribution in [0.3, 0.4) is 0 Å². The number of benzene rings is 1. The second kappa shape index (κ2) is 9.90. The molecule has 5 heterocycles. The number of aromatic amines is 1. The Morgan fingerprint density at radius 1 is 1.13 bits per heavy atom. The molecule has 1 aliphatic heterocycles. The summed E-state index contributed by atoms with van der Waals surface area (Å²) >= 11 is 1.51. The molecule has 0 aliphatic carbocycles. The van der Waals surface area contributed by atoms with Crippen LogP contribution in [0.1, 0.15) is 18.4 Å². The minimum absolute atomic E-state index is 0.0147. The Labute approximate surface area is 222 Å². The number of imidazole rings is 1. The highest BCUT2D eigenvalue weighted by molar-refractivity contribution is 7.16. The van der Waals surface area contributed by atoms with Gasteiger partial charge in [0.05, 0.1) is 22.5 Å².